The minimum atomic E-state index is -0.412. The number of amides is 1. The van der Waals surface area contributed by atoms with Crippen molar-refractivity contribution in [1.29, 1.82) is 0 Å². The lowest BCUT2D eigenvalue weighted by molar-refractivity contribution is -0.113. The number of hydrogen-bond acceptors (Lipinski definition) is 4. The van der Waals surface area contributed by atoms with Gasteiger partial charge >= 0.3 is 0 Å². The highest BCUT2D eigenvalue weighted by molar-refractivity contribution is 8.18. The van der Waals surface area contributed by atoms with Gasteiger partial charge in [0, 0.05) is 30.6 Å². The van der Waals surface area contributed by atoms with Gasteiger partial charge in [-0.2, -0.15) is 4.99 Å². The Labute approximate surface area is 224 Å². The Kier molecular flexibility index (Phi) is 7.94. The van der Waals surface area contributed by atoms with Crippen LogP contribution in [0.5, 0.6) is 0 Å². The van der Waals surface area contributed by atoms with E-state index in [4.69, 9.17) is 0 Å². The van der Waals surface area contributed by atoms with Crippen LogP contribution in [0.1, 0.15) is 47.2 Å². The maximum Gasteiger partial charge on any atom is 0.286 e. The van der Waals surface area contributed by atoms with Crippen LogP contribution in [0.15, 0.2) is 94.8 Å². The maximum atomic E-state index is 13.8. The first-order valence-electron chi connectivity index (χ1n) is 12.6. The largest absolute Gasteiger partial charge is 0.351 e. The number of amidine groups is 1. The SMILES string of the molecule is O=C1N=C(N2CCCCC2)S/C1=C(/C=C(\CC(=O)c1ccc(F)cc1)c1ccccc1)c1ccc(F)cc1. The number of rotatable bonds is 6. The molecular formula is C31H26F2N2O2S. The molecule has 38 heavy (non-hydrogen) atoms. The van der Waals surface area contributed by atoms with Crippen LogP contribution in [0.4, 0.5) is 8.78 Å². The molecule has 0 aliphatic carbocycles. The van der Waals surface area contributed by atoms with Crippen molar-refractivity contribution in [2.75, 3.05) is 13.1 Å². The molecule has 4 nitrogen and oxygen atoms in total. The first-order chi connectivity index (χ1) is 18.5. The number of carbonyl (C=O) groups is 2. The number of carbonyl (C=O) groups excluding carboxylic acids is 2. The maximum absolute atomic E-state index is 13.8. The van der Waals surface area contributed by atoms with Crippen LogP contribution in [-0.4, -0.2) is 34.8 Å². The van der Waals surface area contributed by atoms with Gasteiger partial charge in [0.05, 0.1) is 4.91 Å². The summed E-state index contributed by atoms with van der Waals surface area (Å²) >= 11 is 1.33. The lowest BCUT2D eigenvalue weighted by Crippen LogP contribution is -2.33. The van der Waals surface area contributed by atoms with E-state index in [9.17, 15) is 18.4 Å². The summed E-state index contributed by atoms with van der Waals surface area (Å²) in [5.41, 5.74) is 3.13. The van der Waals surface area contributed by atoms with E-state index >= 15 is 0 Å². The molecule has 1 saturated heterocycles. The fraction of sp³-hybridized carbons (Fsp3) is 0.194. The molecule has 0 N–H and O–H groups in total. The van der Waals surface area contributed by atoms with Crippen molar-refractivity contribution >= 4 is 39.8 Å². The van der Waals surface area contributed by atoms with Gasteiger partial charge < -0.3 is 4.90 Å². The molecule has 5 rings (SSSR count). The van der Waals surface area contributed by atoms with Gasteiger partial charge in [0.1, 0.15) is 11.6 Å². The van der Waals surface area contributed by atoms with Crippen LogP contribution in [0.2, 0.25) is 0 Å². The molecule has 192 valence electrons. The summed E-state index contributed by atoms with van der Waals surface area (Å²) in [5.74, 6) is -1.32. The molecule has 7 heteroatoms. The van der Waals surface area contributed by atoms with Gasteiger partial charge in [0.2, 0.25) is 0 Å². The van der Waals surface area contributed by atoms with Crippen molar-refractivity contribution in [3.05, 3.63) is 118 Å². The number of nitrogens with zero attached hydrogens (tertiary/aromatic N) is 2. The lowest BCUT2D eigenvalue weighted by atomic mass is 9.93. The third-order valence-electron chi connectivity index (χ3n) is 6.59. The zero-order valence-electron chi connectivity index (χ0n) is 20.7. The van der Waals surface area contributed by atoms with E-state index in [2.05, 4.69) is 9.89 Å². The standard InChI is InChI=1S/C31H26F2N2O2S/c32-25-13-9-22(10-14-25)27(29-30(37)34-31(38-29)35-17-5-2-6-18-35)19-24(21-7-3-1-4-8-21)20-28(36)23-11-15-26(33)16-12-23/h1,3-4,7-16,19H,2,5-6,17-18,20H2/b24-19+,29-27-. The number of halogens is 2. The molecule has 2 aliphatic rings. The number of piperidine rings is 1. The first-order valence-corrected chi connectivity index (χ1v) is 13.4. The van der Waals surface area contributed by atoms with Crippen LogP contribution < -0.4 is 0 Å². The van der Waals surface area contributed by atoms with Crippen LogP contribution >= 0.6 is 11.8 Å². The molecule has 0 aromatic heterocycles. The van der Waals surface area contributed by atoms with E-state index in [0.29, 0.717) is 32.3 Å². The molecule has 0 atom stereocenters. The second-order valence-electron chi connectivity index (χ2n) is 9.24. The zero-order valence-corrected chi connectivity index (χ0v) is 21.5. The van der Waals surface area contributed by atoms with E-state index < -0.39 is 5.82 Å². The lowest BCUT2D eigenvalue weighted by Gasteiger charge is -2.27. The van der Waals surface area contributed by atoms with E-state index in [1.807, 2.05) is 36.4 Å². The molecule has 1 amide bonds. The predicted octanol–water partition coefficient (Wildman–Crippen LogP) is 7.15. The van der Waals surface area contributed by atoms with Crippen LogP contribution in [-0.2, 0) is 4.79 Å². The molecule has 3 aromatic rings. The number of allylic oxidation sites excluding steroid dienone is 3. The number of likely N-dealkylation sites (tertiary alicyclic amines) is 1. The van der Waals surface area contributed by atoms with Gasteiger partial charge in [-0.15, -0.1) is 0 Å². The minimum Gasteiger partial charge on any atom is -0.351 e. The van der Waals surface area contributed by atoms with Gasteiger partial charge in [-0.25, -0.2) is 8.78 Å². The third-order valence-corrected chi connectivity index (χ3v) is 7.72. The molecule has 0 bridgehead atoms. The highest BCUT2D eigenvalue weighted by Crippen LogP contribution is 2.38. The molecule has 1 fully saturated rings. The van der Waals surface area contributed by atoms with Crippen molar-refractivity contribution in [2.45, 2.75) is 25.7 Å². The summed E-state index contributed by atoms with van der Waals surface area (Å²) in [7, 11) is 0. The van der Waals surface area contributed by atoms with Crippen molar-refractivity contribution in [3.8, 4) is 0 Å². The summed E-state index contributed by atoms with van der Waals surface area (Å²) in [6.45, 7) is 1.71. The Morgan fingerprint density at radius 3 is 2.05 bits per heavy atom. The van der Waals surface area contributed by atoms with Crippen molar-refractivity contribution in [1.82, 2.24) is 4.90 Å². The number of Topliss-reactive ketones (excluding diaryl/α,β-unsaturated/α-hetero) is 1. The van der Waals surface area contributed by atoms with Crippen LogP contribution in [0.25, 0.3) is 11.1 Å². The van der Waals surface area contributed by atoms with Crippen LogP contribution in [0, 0.1) is 11.6 Å². The van der Waals surface area contributed by atoms with E-state index in [1.54, 1.807) is 12.1 Å². The summed E-state index contributed by atoms with van der Waals surface area (Å²) in [4.78, 5) is 33.4. The van der Waals surface area contributed by atoms with Crippen molar-refractivity contribution in [2.24, 2.45) is 4.99 Å². The number of aliphatic imine (C=N–C) groups is 1. The monoisotopic (exact) mass is 528 g/mol. The Morgan fingerprint density at radius 1 is 0.816 bits per heavy atom. The molecule has 0 radical (unpaired) electrons. The number of hydrogen-bond donors (Lipinski definition) is 0. The smallest absolute Gasteiger partial charge is 0.286 e. The van der Waals surface area contributed by atoms with E-state index in [0.717, 1.165) is 37.9 Å². The van der Waals surface area contributed by atoms with Gasteiger partial charge in [-0.1, -0.05) is 42.5 Å². The van der Waals surface area contributed by atoms with Gasteiger partial charge in [-0.05, 0) is 90.2 Å². The molecule has 0 spiro atoms. The summed E-state index contributed by atoms with van der Waals surface area (Å²) in [5, 5.41) is 0.682. The predicted molar refractivity (Wildman–Crippen MR) is 149 cm³/mol. The molecule has 0 saturated carbocycles. The number of benzene rings is 3. The second kappa shape index (κ2) is 11.7. The fourth-order valence-electron chi connectivity index (χ4n) is 4.57. The quantitative estimate of drug-likeness (QED) is 0.252. The normalized spacial score (nSPS) is 17.4. The van der Waals surface area contributed by atoms with E-state index in [1.165, 1.54) is 48.2 Å². The van der Waals surface area contributed by atoms with Gasteiger partial charge in [0.25, 0.3) is 5.91 Å². The first kappa shape index (κ1) is 25.8. The topological polar surface area (TPSA) is 49.7 Å². The Balaban J connectivity index is 1.58. The van der Waals surface area contributed by atoms with Crippen molar-refractivity contribution < 1.29 is 18.4 Å². The molecule has 3 aromatic carbocycles. The molecule has 0 unspecified atom stereocenters. The second-order valence-corrected chi connectivity index (χ2v) is 10.2. The average molecular weight is 529 g/mol. The number of ketones is 1. The summed E-state index contributed by atoms with van der Waals surface area (Å²) < 4.78 is 27.3. The third kappa shape index (κ3) is 6.00. The Bertz CT molecular complexity index is 1420. The summed E-state index contributed by atoms with van der Waals surface area (Å²) in [6, 6.07) is 20.9. The fourth-order valence-corrected chi connectivity index (χ4v) is 5.61. The van der Waals surface area contributed by atoms with E-state index in [-0.39, 0.29) is 23.9 Å². The molecule has 2 aliphatic heterocycles. The highest BCUT2D eigenvalue weighted by atomic mass is 32.2. The molecular weight excluding hydrogens is 502 g/mol. The summed E-state index contributed by atoms with van der Waals surface area (Å²) in [6.07, 6.45) is 5.14. The van der Waals surface area contributed by atoms with Crippen LogP contribution in [0.3, 0.4) is 0 Å². The molecule has 2 heterocycles. The number of thioether (sulfide) groups is 1. The zero-order chi connectivity index (χ0) is 26.5. The van der Waals surface area contributed by atoms with Crippen molar-refractivity contribution in [3.63, 3.8) is 0 Å². The van der Waals surface area contributed by atoms with Gasteiger partial charge in [-0.3, -0.25) is 9.59 Å². The highest BCUT2D eigenvalue weighted by Gasteiger charge is 2.30. The average Bonchev–Trinajstić information content (AvgIpc) is 3.34. The van der Waals surface area contributed by atoms with Gasteiger partial charge in [0.15, 0.2) is 11.0 Å². The Morgan fingerprint density at radius 2 is 1.42 bits per heavy atom. The minimum absolute atomic E-state index is 0.0340. The Hall–Kier alpha value is -3.84.